The van der Waals surface area contributed by atoms with E-state index >= 15 is 0 Å². The van der Waals surface area contributed by atoms with Gasteiger partial charge in [-0.1, -0.05) is 30.3 Å². The van der Waals surface area contributed by atoms with Crippen LogP contribution in [0.5, 0.6) is 0 Å². The highest BCUT2D eigenvalue weighted by molar-refractivity contribution is 5.80. The van der Waals surface area contributed by atoms with E-state index in [-0.39, 0.29) is 17.9 Å². The zero-order chi connectivity index (χ0) is 16.2. The molecule has 1 aromatic rings. The molecule has 2 aliphatic rings. The number of carboxylic acids is 1. The van der Waals surface area contributed by atoms with Gasteiger partial charge in [0.15, 0.2) is 0 Å². The monoisotopic (exact) mass is 317 g/mol. The van der Waals surface area contributed by atoms with Crippen LogP contribution in [-0.2, 0) is 14.3 Å². The summed E-state index contributed by atoms with van der Waals surface area (Å²) in [7, 11) is 0. The van der Waals surface area contributed by atoms with Gasteiger partial charge in [-0.3, -0.25) is 9.59 Å². The smallest absolute Gasteiger partial charge is 0.308 e. The minimum absolute atomic E-state index is 0.00435. The van der Waals surface area contributed by atoms with E-state index in [1.54, 1.807) is 4.90 Å². The number of hydrogen-bond acceptors (Lipinski definition) is 3. The number of benzene rings is 1. The van der Waals surface area contributed by atoms with E-state index in [4.69, 9.17) is 4.74 Å². The Kier molecular flexibility index (Phi) is 4.96. The van der Waals surface area contributed by atoms with E-state index in [9.17, 15) is 14.7 Å². The third-order valence-electron chi connectivity index (χ3n) is 4.89. The Labute approximate surface area is 136 Å². The van der Waals surface area contributed by atoms with Crippen molar-refractivity contribution in [2.45, 2.75) is 37.7 Å². The van der Waals surface area contributed by atoms with Gasteiger partial charge in [0, 0.05) is 25.6 Å². The molecule has 0 aromatic heterocycles. The van der Waals surface area contributed by atoms with Crippen molar-refractivity contribution in [1.82, 2.24) is 4.90 Å². The number of ether oxygens (including phenoxy) is 1. The molecule has 2 heterocycles. The van der Waals surface area contributed by atoms with Crippen LogP contribution in [0.3, 0.4) is 0 Å². The van der Waals surface area contributed by atoms with Crippen LogP contribution in [0, 0.1) is 5.92 Å². The summed E-state index contributed by atoms with van der Waals surface area (Å²) in [5, 5.41) is 9.50. The lowest BCUT2D eigenvalue weighted by Crippen LogP contribution is -2.34. The minimum atomic E-state index is -0.830. The van der Waals surface area contributed by atoms with Crippen molar-refractivity contribution in [3.05, 3.63) is 35.9 Å². The Morgan fingerprint density at radius 3 is 2.61 bits per heavy atom. The highest BCUT2D eigenvalue weighted by Crippen LogP contribution is 2.33. The first-order valence-electron chi connectivity index (χ1n) is 8.32. The lowest BCUT2D eigenvalue weighted by atomic mass is 9.89. The molecule has 2 aliphatic heterocycles. The highest BCUT2D eigenvalue weighted by atomic mass is 16.5. The van der Waals surface area contributed by atoms with Crippen LogP contribution in [0.1, 0.15) is 37.2 Å². The zero-order valence-corrected chi connectivity index (χ0v) is 13.2. The molecule has 0 aliphatic carbocycles. The van der Waals surface area contributed by atoms with Gasteiger partial charge in [0.2, 0.25) is 5.91 Å². The number of aliphatic carboxylic acids is 1. The summed E-state index contributed by atoms with van der Waals surface area (Å²) in [6.07, 6.45) is 3.45. The maximum absolute atomic E-state index is 12.5. The summed E-state index contributed by atoms with van der Waals surface area (Å²) in [4.78, 5) is 25.8. The number of carboxylic acid groups (broad SMARTS) is 1. The van der Waals surface area contributed by atoms with Gasteiger partial charge in [-0.2, -0.15) is 0 Å². The van der Waals surface area contributed by atoms with E-state index in [0.717, 1.165) is 31.4 Å². The molecule has 0 saturated carbocycles. The summed E-state index contributed by atoms with van der Waals surface area (Å²) in [5.41, 5.74) is 0.990. The van der Waals surface area contributed by atoms with Gasteiger partial charge in [-0.15, -0.1) is 0 Å². The first-order valence-corrected chi connectivity index (χ1v) is 8.32. The van der Waals surface area contributed by atoms with Gasteiger partial charge in [0.1, 0.15) is 0 Å². The summed E-state index contributed by atoms with van der Waals surface area (Å²) in [6, 6.07) is 9.62. The molecule has 0 bridgehead atoms. The van der Waals surface area contributed by atoms with Gasteiger partial charge < -0.3 is 14.7 Å². The first kappa shape index (κ1) is 16.0. The van der Waals surface area contributed by atoms with E-state index in [1.807, 2.05) is 30.3 Å². The van der Waals surface area contributed by atoms with Crippen LogP contribution < -0.4 is 0 Å². The Balaban J connectivity index is 1.67. The second-order valence-electron chi connectivity index (χ2n) is 6.45. The Morgan fingerprint density at radius 2 is 1.96 bits per heavy atom. The molecule has 3 atom stereocenters. The Morgan fingerprint density at radius 1 is 1.17 bits per heavy atom. The minimum Gasteiger partial charge on any atom is -0.481 e. The average molecular weight is 317 g/mol. The molecule has 3 unspecified atom stereocenters. The molecule has 2 fully saturated rings. The maximum atomic E-state index is 12.5. The first-order chi connectivity index (χ1) is 11.1. The van der Waals surface area contributed by atoms with Crippen molar-refractivity contribution in [3.63, 3.8) is 0 Å². The van der Waals surface area contributed by atoms with Gasteiger partial charge in [-0.25, -0.2) is 0 Å². The van der Waals surface area contributed by atoms with Crippen molar-refractivity contribution in [1.29, 1.82) is 0 Å². The largest absolute Gasteiger partial charge is 0.481 e. The second kappa shape index (κ2) is 7.13. The van der Waals surface area contributed by atoms with Crippen molar-refractivity contribution in [3.8, 4) is 0 Å². The molecular weight excluding hydrogens is 294 g/mol. The van der Waals surface area contributed by atoms with E-state index in [2.05, 4.69) is 0 Å². The van der Waals surface area contributed by atoms with Crippen LogP contribution in [0.4, 0.5) is 0 Å². The predicted octanol–water partition coefficient (Wildman–Crippen LogP) is 2.27. The van der Waals surface area contributed by atoms with Crippen LogP contribution in [0.2, 0.25) is 0 Å². The number of carbonyl (C=O) groups excluding carboxylic acids is 1. The van der Waals surface area contributed by atoms with Crippen molar-refractivity contribution in [2.75, 3.05) is 19.7 Å². The van der Waals surface area contributed by atoms with Gasteiger partial charge in [-0.05, 0) is 24.8 Å². The van der Waals surface area contributed by atoms with Gasteiger partial charge in [0.05, 0.1) is 18.4 Å². The summed E-state index contributed by atoms with van der Waals surface area (Å²) >= 11 is 0. The fourth-order valence-electron chi connectivity index (χ4n) is 3.59. The SMILES string of the molecule is O=C(O)C1CN(C(=O)CC2CCCCO2)CC1c1ccccc1. The van der Waals surface area contributed by atoms with Crippen LogP contribution in [-0.4, -0.2) is 47.7 Å². The molecule has 5 heteroatoms. The average Bonchev–Trinajstić information content (AvgIpc) is 3.02. The van der Waals surface area contributed by atoms with Crippen LogP contribution in [0.25, 0.3) is 0 Å². The number of likely N-dealkylation sites (tertiary alicyclic amines) is 1. The lowest BCUT2D eigenvalue weighted by Gasteiger charge is -2.24. The fraction of sp³-hybridized carbons (Fsp3) is 0.556. The molecule has 1 N–H and O–H groups in total. The molecule has 124 valence electrons. The number of hydrogen-bond donors (Lipinski definition) is 1. The van der Waals surface area contributed by atoms with Crippen molar-refractivity contribution in [2.24, 2.45) is 5.92 Å². The second-order valence-corrected chi connectivity index (χ2v) is 6.45. The van der Waals surface area contributed by atoms with Crippen LogP contribution >= 0.6 is 0 Å². The molecule has 0 spiro atoms. The number of amides is 1. The standard InChI is InChI=1S/C18H23NO4/c20-17(10-14-8-4-5-9-23-14)19-11-15(16(12-19)18(21)22)13-6-2-1-3-7-13/h1-3,6-7,14-16H,4-5,8-12H2,(H,21,22). The van der Waals surface area contributed by atoms with Gasteiger partial charge >= 0.3 is 5.97 Å². The maximum Gasteiger partial charge on any atom is 0.308 e. The van der Waals surface area contributed by atoms with Crippen LogP contribution in [0.15, 0.2) is 30.3 Å². The molecule has 1 amide bonds. The predicted molar refractivity (Wildman–Crippen MR) is 85.1 cm³/mol. The van der Waals surface area contributed by atoms with Crippen molar-refractivity contribution >= 4 is 11.9 Å². The number of rotatable bonds is 4. The molecule has 3 rings (SSSR count). The third kappa shape index (κ3) is 3.72. The highest BCUT2D eigenvalue weighted by Gasteiger charge is 2.40. The lowest BCUT2D eigenvalue weighted by molar-refractivity contribution is -0.142. The number of carbonyl (C=O) groups is 2. The third-order valence-corrected chi connectivity index (χ3v) is 4.89. The molecule has 0 radical (unpaired) electrons. The van der Waals surface area contributed by atoms with Gasteiger partial charge in [0.25, 0.3) is 0 Å². The Bertz CT molecular complexity index is 553. The summed E-state index contributed by atoms with van der Waals surface area (Å²) < 4.78 is 5.63. The van der Waals surface area contributed by atoms with E-state index in [1.165, 1.54) is 0 Å². The van der Waals surface area contributed by atoms with E-state index < -0.39 is 11.9 Å². The summed E-state index contributed by atoms with van der Waals surface area (Å²) in [5.74, 6) is -1.48. The fourth-order valence-corrected chi connectivity index (χ4v) is 3.59. The quantitative estimate of drug-likeness (QED) is 0.925. The molecular formula is C18H23NO4. The molecule has 5 nitrogen and oxygen atoms in total. The normalized spacial score (nSPS) is 27.8. The molecule has 23 heavy (non-hydrogen) atoms. The van der Waals surface area contributed by atoms with E-state index in [0.29, 0.717) is 19.5 Å². The number of nitrogens with zero attached hydrogens (tertiary/aromatic N) is 1. The Hall–Kier alpha value is -1.88. The topological polar surface area (TPSA) is 66.8 Å². The molecule has 2 saturated heterocycles. The van der Waals surface area contributed by atoms with Crippen molar-refractivity contribution < 1.29 is 19.4 Å². The summed E-state index contributed by atoms with van der Waals surface area (Å²) in [6.45, 7) is 1.50. The molecule has 1 aromatic carbocycles. The zero-order valence-electron chi connectivity index (χ0n) is 13.2.